The van der Waals surface area contributed by atoms with E-state index in [0.717, 1.165) is 17.5 Å². The van der Waals surface area contributed by atoms with E-state index < -0.39 is 24.0 Å². The van der Waals surface area contributed by atoms with Crippen LogP contribution in [0.25, 0.3) is 11.1 Å². The van der Waals surface area contributed by atoms with Gasteiger partial charge in [0.25, 0.3) is 5.91 Å². The second-order valence-corrected chi connectivity index (χ2v) is 6.68. The van der Waals surface area contributed by atoms with Gasteiger partial charge in [0.1, 0.15) is 6.04 Å². The van der Waals surface area contributed by atoms with E-state index in [0.29, 0.717) is 5.56 Å². The molecule has 2 aromatic rings. The van der Waals surface area contributed by atoms with Crippen LogP contribution in [0.5, 0.6) is 0 Å². The van der Waals surface area contributed by atoms with E-state index in [1.807, 2.05) is 12.1 Å². The molecule has 0 saturated carbocycles. The van der Waals surface area contributed by atoms with E-state index in [9.17, 15) is 14.7 Å². The van der Waals surface area contributed by atoms with E-state index in [4.69, 9.17) is 0 Å². The predicted molar refractivity (Wildman–Crippen MR) is 107 cm³/mol. The third kappa shape index (κ3) is 5.66. The Labute approximate surface area is 160 Å². The number of benzene rings is 2. The maximum atomic E-state index is 12.4. The van der Waals surface area contributed by atoms with Gasteiger partial charge < -0.3 is 15.7 Å². The van der Waals surface area contributed by atoms with Crippen LogP contribution in [0.1, 0.15) is 42.6 Å². The van der Waals surface area contributed by atoms with Crippen molar-refractivity contribution in [3.63, 3.8) is 0 Å². The molecule has 0 heterocycles. The Morgan fingerprint density at radius 2 is 1.56 bits per heavy atom. The number of likely N-dealkylation sites (N-methyl/N-ethyl adjacent to an activating group) is 1. The number of carbonyl (C=O) groups is 2. The van der Waals surface area contributed by atoms with Gasteiger partial charge in [0.2, 0.25) is 5.91 Å². The highest BCUT2D eigenvalue weighted by molar-refractivity contribution is 5.98. The highest BCUT2D eigenvalue weighted by Gasteiger charge is 2.25. The smallest absolute Gasteiger partial charge is 0.252 e. The number of nitrogens with one attached hydrogen (secondary N) is 2. The summed E-state index contributed by atoms with van der Waals surface area (Å²) in [6.07, 6.45) is 2.47. The fraction of sp³-hybridized carbons (Fsp3) is 0.364. The second kappa shape index (κ2) is 9.88. The van der Waals surface area contributed by atoms with Crippen molar-refractivity contribution in [2.45, 2.75) is 45.3 Å². The number of aliphatic hydroxyl groups excluding tert-OH is 1. The van der Waals surface area contributed by atoms with Gasteiger partial charge in [0.05, 0.1) is 6.10 Å². The first-order valence-electron chi connectivity index (χ1n) is 9.36. The fourth-order valence-electron chi connectivity index (χ4n) is 2.84. The number of aliphatic hydroxyl groups is 1. The zero-order valence-corrected chi connectivity index (χ0v) is 16.2. The van der Waals surface area contributed by atoms with Gasteiger partial charge in [-0.3, -0.25) is 9.59 Å². The quantitative estimate of drug-likeness (QED) is 0.670. The highest BCUT2D eigenvalue weighted by atomic mass is 16.3. The number of hydrogen-bond donors (Lipinski definition) is 3. The largest absolute Gasteiger partial charge is 0.391 e. The highest BCUT2D eigenvalue weighted by Crippen LogP contribution is 2.21. The van der Waals surface area contributed by atoms with E-state index >= 15 is 0 Å². The van der Waals surface area contributed by atoms with Gasteiger partial charge in [-0.1, -0.05) is 49.7 Å². The van der Waals surface area contributed by atoms with Crippen molar-refractivity contribution >= 4 is 11.8 Å². The van der Waals surface area contributed by atoms with Gasteiger partial charge >= 0.3 is 0 Å². The molecule has 5 nitrogen and oxygen atoms in total. The lowest BCUT2D eigenvalue weighted by Gasteiger charge is -2.19. The van der Waals surface area contributed by atoms with Crippen molar-refractivity contribution in [1.29, 1.82) is 0 Å². The zero-order valence-electron chi connectivity index (χ0n) is 16.2. The Morgan fingerprint density at radius 1 is 1.00 bits per heavy atom. The van der Waals surface area contributed by atoms with Crippen LogP contribution in [0.4, 0.5) is 0 Å². The van der Waals surface area contributed by atoms with E-state index in [2.05, 4.69) is 41.8 Å². The molecule has 0 fully saturated rings. The van der Waals surface area contributed by atoms with Crippen LogP contribution in [0.3, 0.4) is 0 Å². The lowest BCUT2D eigenvalue weighted by atomic mass is 10.0. The average Bonchev–Trinajstić information content (AvgIpc) is 2.70. The molecule has 27 heavy (non-hydrogen) atoms. The molecule has 5 heteroatoms. The first kappa shape index (κ1) is 20.6. The number of rotatable bonds is 8. The number of unbranched alkanes of at least 4 members (excludes halogenated alkanes) is 1. The van der Waals surface area contributed by atoms with Crippen LogP contribution >= 0.6 is 0 Å². The van der Waals surface area contributed by atoms with Crippen LogP contribution in [0.15, 0.2) is 48.5 Å². The molecule has 3 N–H and O–H groups in total. The topological polar surface area (TPSA) is 78.4 Å². The summed E-state index contributed by atoms with van der Waals surface area (Å²) in [4.78, 5) is 24.1. The summed E-state index contributed by atoms with van der Waals surface area (Å²) in [6.45, 7) is 3.65. The number of aryl methyl sites for hydroxylation is 1. The lowest BCUT2D eigenvalue weighted by molar-refractivity contribution is -0.124. The van der Waals surface area contributed by atoms with Gasteiger partial charge in [-0.2, -0.15) is 0 Å². The summed E-state index contributed by atoms with van der Waals surface area (Å²) in [5.41, 5.74) is 3.88. The molecular weight excluding hydrogens is 340 g/mol. The molecule has 0 aromatic heterocycles. The Bertz CT molecular complexity index is 752. The third-order valence-electron chi connectivity index (χ3n) is 4.55. The molecule has 0 aliphatic rings. The van der Waals surface area contributed by atoms with Gasteiger partial charge in [-0.15, -0.1) is 0 Å². The van der Waals surface area contributed by atoms with E-state index in [-0.39, 0.29) is 0 Å². The number of carbonyl (C=O) groups excluding carboxylic acids is 2. The number of amides is 2. The first-order valence-corrected chi connectivity index (χ1v) is 9.36. The molecule has 0 spiro atoms. The fourth-order valence-corrected chi connectivity index (χ4v) is 2.84. The minimum Gasteiger partial charge on any atom is -0.391 e. The van der Waals surface area contributed by atoms with Crippen molar-refractivity contribution in [1.82, 2.24) is 10.6 Å². The molecule has 0 unspecified atom stereocenters. The molecule has 2 atom stereocenters. The molecule has 2 amide bonds. The molecule has 0 saturated heterocycles. The predicted octanol–water partition coefficient (Wildman–Crippen LogP) is 2.92. The molecule has 0 radical (unpaired) electrons. The lowest BCUT2D eigenvalue weighted by Crippen LogP contribution is -2.51. The summed E-state index contributed by atoms with van der Waals surface area (Å²) in [7, 11) is 1.46. The standard InChI is InChI=1S/C22H28N2O3/c1-4-5-6-16-7-9-17(10-8-16)18-11-13-19(14-12-18)21(26)24-20(15(2)25)22(27)23-3/h7-15,20,25H,4-6H2,1-3H3,(H,23,27)(H,24,26)/t15-,20+/m1/s1. The third-order valence-corrected chi connectivity index (χ3v) is 4.55. The van der Waals surface area contributed by atoms with Gasteiger partial charge in [-0.05, 0) is 48.6 Å². The minimum absolute atomic E-state index is 0.397. The SMILES string of the molecule is CCCCc1ccc(-c2ccc(C(=O)N[C@H](C(=O)NC)[C@@H](C)O)cc2)cc1. The molecular formula is C22H28N2O3. The molecule has 0 bridgehead atoms. The first-order chi connectivity index (χ1) is 13.0. The minimum atomic E-state index is -0.988. The van der Waals surface area contributed by atoms with Gasteiger partial charge in [0.15, 0.2) is 0 Å². The molecule has 2 rings (SSSR count). The summed E-state index contributed by atoms with van der Waals surface area (Å²) in [5.74, 6) is -0.830. The Morgan fingerprint density at radius 3 is 2.04 bits per heavy atom. The maximum absolute atomic E-state index is 12.4. The van der Waals surface area contributed by atoms with Gasteiger partial charge in [0, 0.05) is 12.6 Å². The van der Waals surface area contributed by atoms with Crippen LogP contribution in [0, 0.1) is 0 Å². The Balaban J connectivity index is 2.07. The second-order valence-electron chi connectivity index (χ2n) is 6.68. The van der Waals surface area contributed by atoms with Crippen molar-refractivity contribution < 1.29 is 14.7 Å². The normalized spacial score (nSPS) is 12.9. The molecule has 0 aliphatic heterocycles. The van der Waals surface area contributed by atoms with Gasteiger partial charge in [-0.25, -0.2) is 0 Å². The summed E-state index contributed by atoms with van der Waals surface area (Å²) in [6, 6.07) is 14.7. The van der Waals surface area contributed by atoms with Crippen molar-refractivity contribution in [2.24, 2.45) is 0 Å². The van der Waals surface area contributed by atoms with Crippen molar-refractivity contribution in [3.05, 3.63) is 59.7 Å². The summed E-state index contributed by atoms with van der Waals surface area (Å²) in [5, 5.41) is 14.7. The summed E-state index contributed by atoms with van der Waals surface area (Å²) >= 11 is 0. The van der Waals surface area contributed by atoms with Crippen LogP contribution in [0.2, 0.25) is 0 Å². The van der Waals surface area contributed by atoms with Crippen LogP contribution in [-0.4, -0.2) is 36.1 Å². The Kier molecular flexibility index (Phi) is 7.55. The molecule has 2 aromatic carbocycles. The number of hydrogen-bond acceptors (Lipinski definition) is 3. The van der Waals surface area contributed by atoms with Crippen molar-refractivity contribution in [3.8, 4) is 11.1 Å². The molecule has 0 aliphatic carbocycles. The summed E-state index contributed by atoms with van der Waals surface area (Å²) < 4.78 is 0. The molecule has 144 valence electrons. The van der Waals surface area contributed by atoms with E-state index in [1.54, 1.807) is 12.1 Å². The van der Waals surface area contributed by atoms with Crippen molar-refractivity contribution in [2.75, 3.05) is 7.05 Å². The maximum Gasteiger partial charge on any atom is 0.252 e. The Hall–Kier alpha value is -2.66. The van der Waals surface area contributed by atoms with Crippen LogP contribution < -0.4 is 10.6 Å². The van der Waals surface area contributed by atoms with E-state index in [1.165, 1.54) is 32.4 Å². The van der Waals surface area contributed by atoms with Crippen LogP contribution in [-0.2, 0) is 11.2 Å². The average molecular weight is 368 g/mol. The zero-order chi connectivity index (χ0) is 19.8. The monoisotopic (exact) mass is 368 g/mol.